The topological polar surface area (TPSA) is 42.4 Å². The summed E-state index contributed by atoms with van der Waals surface area (Å²) in [5.74, 6) is 0. The molecule has 0 aliphatic rings. The van der Waals surface area contributed by atoms with Gasteiger partial charge in [-0.25, -0.2) is 0 Å². The molecule has 0 saturated heterocycles. The van der Waals surface area contributed by atoms with Crippen LogP contribution in [0.4, 0.5) is 0 Å². The van der Waals surface area contributed by atoms with E-state index in [0.29, 0.717) is 6.42 Å². The van der Waals surface area contributed by atoms with Crippen LogP contribution in [0.5, 0.6) is 0 Å². The Labute approximate surface area is 187 Å². The molecule has 0 aliphatic heterocycles. The maximum atomic E-state index is 9.89. The summed E-state index contributed by atoms with van der Waals surface area (Å²) in [6.07, 6.45) is 4.19. The molecule has 1 atom stereocenters. The Bertz CT molecular complexity index is 927. The van der Waals surface area contributed by atoms with E-state index < -0.39 is 8.32 Å². The largest absolute Gasteiger partial charge is 0.401 e. The molecule has 3 rings (SSSR count). The number of hydrogen-bond acceptors (Lipinski definition) is 3. The third-order valence-electron chi connectivity index (χ3n) is 5.70. The van der Waals surface area contributed by atoms with Gasteiger partial charge in [-0.3, -0.25) is 4.98 Å². The first-order chi connectivity index (χ1) is 14.9. The molecule has 2 aromatic carbocycles. The van der Waals surface area contributed by atoms with Crippen LogP contribution >= 0.6 is 0 Å². The highest BCUT2D eigenvalue weighted by molar-refractivity contribution is 6.99. The van der Waals surface area contributed by atoms with Gasteiger partial charge in [0.2, 0.25) is 0 Å². The van der Waals surface area contributed by atoms with Crippen molar-refractivity contribution in [2.24, 2.45) is 0 Å². The van der Waals surface area contributed by atoms with E-state index in [2.05, 4.69) is 87.3 Å². The number of rotatable bonds is 8. The maximum Gasteiger partial charge on any atom is 0.261 e. The van der Waals surface area contributed by atoms with Crippen molar-refractivity contribution in [3.8, 4) is 0 Å². The fraction of sp³-hybridized carbons (Fsp3) is 0.296. The molecular weight excluding hydrogens is 398 g/mol. The molecule has 0 fully saturated rings. The quantitative estimate of drug-likeness (QED) is 0.520. The number of aromatic nitrogens is 1. The highest BCUT2D eigenvalue weighted by Gasteiger charge is 2.51. The number of pyridine rings is 1. The first-order valence-corrected chi connectivity index (χ1v) is 12.8. The minimum absolute atomic E-state index is 0.0657. The summed E-state index contributed by atoms with van der Waals surface area (Å²) >= 11 is 0. The normalized spacial score (nSPS) is 13.8. The number of nitrogens with zero attached hydrogens (tertiary/aromatic N) is 1. The van der Waals surface area contributed by atoms with Gasteiger partial charge in [0.05, 0.1) is 11.8 Å². The van der Waals surface area contributed by atoms with Crippen molar-refractivity contribution in [3.63, 3.8) is 0 Å². The lowest BCUT2D eigenvalue weighted by atomic mass is 10.1. The van der Waals surface area contributed by atoms with E-state index in [1.54, 1.807) is 6.20 Å². The zero-order chi connectivity index (χ0) is 22.3. The first kappa shape index (κ1) is 23.1. The average Bonchev–Trinajstić information content (AvgIpc) is 2.77. The Morgan fingerprint density at radius 3 is 1.94 bits per heavy atom. The number of aliphatic hydroxyl groups excluding tert-OH is 1. The van der Waals surface area contributed by atoms with E-state index in [0.717, 1.165) is 11.3 Å². The van der Waals surface area contributed by atoms with Gasteiger partial charge in [-0.2, -0.15) is 0 Å². The molecule has 1 aromatic heterocycles. The van der Waals surface area contributed by atoms with Gasteiger partial charge < -0.3 is 9.53 Å². The summed E-state index contributed by atoms with van der Waals surface area (Å²) < 4.78 is 7.23. The van der Waals surface area contributed by atoms with Gasteiger partial charge in [-0.05, 0) is 52.5 Å². The SMILES string of the molecule is C/C(=C\c1ccccn1)[C@H](CCO)O[Si](c1ccccc1)(c1ccccc1)C(C)(C)C. The van der Waals surface area contributed by atoms with E-state index in [4.69, 9.17) is 4.43 Å². The molecule has 31 heavy (non-hydrogen) atoms. The van der Waals surface area contributed by atoms with Gasteiger partial charge >= 0.3 is 0 Å². The molecule has 4 heteroatoms. The molecule has 0 spiro atoms. The van der Waals surface area contributed by atoms with Crippen LogP contribution in [-0.2, 0) is 4.43 Å². The van der Waals surface area contributed by atoms with Crippen LogP contribution in [0.25, 0.3) is 6.08 Å². The average molecular weight is 432 g/mol. The van der Waals surface area contributed by atoms with Gasteiger partial charge in [0, 0.05) is 12.8 Å². The molecule has 0 amide bonds. The summed E-state index contributed by atoms with van der Waals surface area (Å²) in [6.45, 7) is 8.95. The van der Waals surface area contributed by atoms with E-state index in [-0.39, 0.29) is 17.7 Å². The van der Waals surface area contributed by atoms with Gasteiger partial charge in [-0.15, -0.1) is 0 Å². The zero-order valence-corrected chi connectivity index (χ0v) is 20.0. The van der Waals surface area contributed by atoms with Crippen LogP contribution in [0, 0.1) is 0 Å². The third kappa shape index (κ3) is 5.21. The summed E-state index contributed by atoms with van der Waals surface area (Å²) in [6, 6.07) is 27.1. The van der Waals surface area contributed by atoms with Gasteiger partial charge in [0.25, 0.3) is 8.32 Å². The molecule has 0 aliphatic carbocycles. The molecule has 0 saturated carbocycles. The standard InChI is InChI=1S/C27H33NO2Si/c1-22(21-23-13-11-12-19-28-23)26(18-20-29)30-31(27(2,3)4,24-14-7-5-8-15-24)25-16-9-6-10-17-25/h5-17,19,21,26,29H,18,20H2,1-4H3/b22-21+/t26-/m0/s1. The minimum Gasteiger partial charge on any atom is -0.401 e. The van der Waals surface area contributed by atoms with Gasteiger partial charge in [0.1, 0.15) is 0 Å². The fourth-order valence-electron chi connectivity index (χ4n) is 4.19. The Hall–Kier alpha value is -2.53. The predicted molar refractivity (Wildman–Crippen MR) is 132 cm³/mol. The lowest BCUT2D eigenvalue weighted by Gasteiger charge is -2.45. The van der Waals surface area contributed by atoms with Gasteiger partial charge in [0.15, 0.2) is 0 Å². The Balaban J connectivity index is 2.15. The smallest absolute Gasteiger partial charge is 0.261 e. The maximum absolute atomic E-state index is 9.89. The Kier molecular flexibility index (Phi) is 7.60. The summed E-state index contributed by atoms with van der Waals surface area (Å²) in [7, 11) is -2.70. The lowest BCUT2D eigenvalue weighted by molar-refractivity contribution is 0.171. The van der Waals surface area contributed by atoms with Crippen molar-refractivity contribution >= 4 is 24.8 Å². The van der Waals surface area contributed by atoms with Crippen LogP contribution in [0.1, 0.15) is 39.8 Å². The highest BCUT2D eigenvalue weighted by Crippen LogP contribution is 2.38. The predicted octanol–water partition coefficient (Wildman–Crippen LogP) is 4.81. The van der Waals surface area contributed by atoms with Crippen molar-refractivity contribution < 1.29 is 9.53 Å². The van der Waals surface area contributed by atoms with Crippen molar-refractivity contribution in [2.45, 2.75) is 45.3 Å². The minimum atomic E-state index is -2.70. The number of hydrogen-bond donors (Lipinski definition) is 1. The molecule has 1 heterocycles. The monoisotopic (exact) mass is 431 g/mol. The summed E-state index contributed by atoms with van der Waals surface area (Å²) in [5.41, 5.74) is 1.97. The van der Waals surface area contributed by atoms with Crippen LogP contribution in [0.3, 0.4) is 0 Å². The second-order valence-corrected chi connectivity index (χ2v) is 13.2. The van der Waals surface area contributed by atoms with E-state index in [1.807, 2.05) is 30.3 Å². The Morgan fingerprint density at radius 1 is 0.935 bits per heavy atom. The van der Waals surface area contributed by atoms with Crippen molar-refractivity contribution in [3.05, 3.63) is 96.3 Å². The molecular formula is C27H33NO2Si. The third-order valence-corrected chi connectivity index (χ3v) is 10.7. The summed E-state index contributed by atoms with van der Waals surface area (Å²) in [4.78, 5) is 4.44. The second-order valence-electron chi connectivity index (χ2n) is 8.92. The second kappa shape index (κ2) is 10.2. The van der Waals surface area contributed by atoms with E-state index in [1.165, 1.54) is 10.4 Å². The molecule has 0 bridgehead atoms. The molecule has 3 aromatic rings. The molecule has 1 N–H and O–H groups in total. The molecule has 3 nitrogen and oxygen atoms in total. The van der Waals surface area contributed by atoms with E-state index in [9.17, 15) is 5.11 Å². The van der Waals surface area contributed by atoms with Crippen molar-refractivity contribution in [1.82, 2.24) is 4.98 Å². The van der Waals surface area contributed by atoms with Crippen LogP contribution in [0.15, 0.2) is 90.6 Å². The molecule has 162 valence electrons. The lowest BCUT2D eigenvalue weighted by Crippen LogP contribution is -2.67. The number of benzene rings is 2. The zero-order valence-electron chi connectivity index (χ0n) is 19.0. The van der Waals surface area contributed by atoms with Crippen LogP contribution in [-0.4, -0.2) is 31.1 Å². The Morgan fingerprint density at radius 2 is 1.48 bits per heavy atom. The molecule has 0 unspecified atom stereocenters. The molecule has 0 radical (unpaired) electrons. The van der Waals surface area contributed by atoms with Crippen molar-refractivity contribution in [1.29, 1.82) is 0 Å². The summed E-state index contributed by atoms with van der Waals surface area (Å²) in [5, 5.41) is 12.2. The van der Waals surface area contributed by atoms with Crippen LogP contribution < -0.4 is 10.4 Å². The first-order valence-electron chi connectivity index (χ1n) is 10.9. The van der Waals surface area contributed by atoms with Crippen LogP contribution in [0.2, 0.25) is 5.04 Å². The number of aliphatic hydroxyl groups is 1. The van der Waals surface area contributed by atoms with Gasteiger partial charge in [-0.1, -0.05) is 87.5 Å². The highest BCUT2D eigenvalue weighted by atomic mass is 28.4. The van der Waals surface area contributed by atoms with Crippen molar-refractivity contribution in [2.75, 3.05) is 6.61 Å². The fourth-order valence-corrected chi connectivity index (χ4v) is 8.93. The van der Waals surface area contributed by atoms with E-state index >= 15 is 0 Å².